The number of amides is 1. The maximum atomic E-state index is 13.1. The molecule has 0 saturated carbocycles. The predicted molar refractivity (Wildman–Crippen MR) is 81.0 cm³/mol. The minimum Gasteiger partial charge on any atom is -0.491 e. The number of anilines is 2. The first kappa shape index (κ1) is 14.8. The number of rotatable bonds is 4. The fourth-order valence-corrected chi connectivity index (χ4v) is 1.78. The normalized spacial score (nSPS) is 10.5. The molecular formula is C16H17FN2O2. The second kappa shape index (κ2) is 6.26. The highest BCUT2D eigenvalue weighted by atomic mass is 19.1. The summed E-state index contributed by atoms with van der Waals surface area (Å²) in [4.78, 5) is 12.0. The molecule has 0 saturated heterocycles. The van der Waals surface area contributed by atoms with E-state index in [0.717, 1.165) is 5.75 Å². The Labute approximate surface area is 122 Å². The average Bonchev–Trinajstić information content (AvgIpc) is 2.43. The molecule has 0 heterocycles. The maximum absolute atomic E-state index is 13.1. The third kappa shape index (κ3) is 3.95. The molecule has 2 aromatic carbocycles. The Hall–Kier alpha value is -2.56. The minimum atomic E-state index is -0.540. The van der Waals surface area contributed by atoms with Crippen molar-refractivity contribution in [3.63, 3.8) is 0 Å². The Morgan fingerprint density at radius 1 is 1.19 bits per heavy atom. The molecule has 110 valence electrons. The molecule has 0 aliphatic rings. The van der Waals surface area contributed by atoms with E-state index in [-0.39, 0.29) is 17.7 Å². The van der Waals surface area contributed by atoms with Crippen LogP contribution in [0.2, 0.25) is 0 Å². The minimum absolute atomic E-state index is 0.0525. The van der Waals surface area contributed by atoms with Crippen LogP contribution in [0.5, 0.6) is 5.75 Å². The van der Waals surface area contributed by atoms with Crippen molar-refractivity contribution in [2.75, 3.05) is 11.1 Å². The molecule has 0 unspecified atom stereocenters. The van der Waals surface area contributed by atoms with Gasteiger partial charge in [0, 0.05) is 11.3 Å². The summed E-state index contributed by atoms with van der Waals surface area (Å²) in [6.45, 7) is 3.88. The highest BCUT2D eigenvalue weighted by Gasteiger charge is 2.08. The molecule has 2 aromatic rings. The molecule has 2 rings (SSSR count). The summed E-state index contributed by atoms with van der Waals surface area (Å²) in [5, 5.41) is 2.71. The van der Waals surface area contributed by atoms with Gasteiger partial charge in [0.2, 0.25) is 0 Å². The third-order valence-electron chi connectivity index (χ3n) is 2.74. The standard InChI is InChI=1S/C16H17FN2O2/c1-10(2)21-13-6-4-12(5-7-13)19-16(20)11-3-8-14(17)15(18)9-11/h3-10H,18H2,1-2H3,(H,19,20). The van der Waals surface area contributed by atoms with E-state index in [1.165, 1.54) is 18.2 Å². The van der Waals surface area contributed by atoms with Crippen molar-refractivity contribution in [1.82, 2.24) is 0 Å². The van der Waals surface area contributed by atoms with Gasteiger partial charge in [-0.05, 0) is 56.3 Å². The first-order valence-corrected chi connectivity index (χ1v) is 6.59. The highest BCUT2D eigenvalue weighted by molar-refractivity contribution is 6.04. The fraction of sp³-hybridized carbons (Fsp3) is 0.188. The number of hydrogen-bond acceptors (Lipinski definition) is 3. The molecule has 0 atom stereocenters. The SMILES string of the molecule is CC(C)Oc1ccc(NC(=O)c2ccc(F)c(N)c2)cc1. The van der Waals surface area contributed by atoms with E-state index >= 15 is 0 Å². The fourth-order valence-electron chi connectivity index (χ4n) is 1.78. The van der Waals surface area contributed by atoms with E-state index in [4.69, 9.17) is 10.5 Å². The van der Waals surface area contributed by atoms with Crippen molar-refractivity contribution < 1.29 is 13.9 Å². The number of nitrogens with two attached hydrogens (primary N) is 1. The van der Waals surface area contributed by atoms with Gasteiger partial charge in [-0.25, -0.2) is 4.39 Å². The molecule has 0 radical (unpaired) electrons. The Bertz CT molecular complexity index is 639. The highest BCUT2D eigenvalue weighted by Crippen LogP contribution is 2.18. The molecule has 0 aromatic heterocycles. The lowest BCUT2D eigenvalue weighted by Crippen LogP contribution is -2.12. The van der Waals surface area contributed by atoms with Gasteiger partial charge in [0.25, 0.3) is 5.91 Å². The van der Waals surface area contributed by atoms with Crippen LogP contribution in [0.25, 0.3) is 0 Å². The molecule has 5 heteroatoms. The monoisotopic (exact) mass is 288 g/mol. The van der Waals surface area contributed by atoms with Gasteiger partial charge in [-0.1, -0.05) is 0 Å². The summed E-state index contributed by atoms with van der Waals surface area (Å²) in [6.07, 6.45) is 0.0904. The van der Waals surface area contributed by atoms with Crippen LogP contribution in [-0.2, 0) is 0 Å². The van der Waals surface area contributed by atoms with Crippen molar-refractivity contribution in [3.05, 3.63) is 53.8 Å². The lowest BCUT2D eigenvalue weighted by molar-refractivity contribution is 0.102. The van der Waals surface area contributed by atoms with Crippen molar-refractivity contribution in [2.24, 2.45) is 0 Å². The van der Waals surface area contributed by atoms with Crippen LogP contribution in [0.3, 0.4) is 0 Å². The largest absolute Gasteiger partial charge is 0.491 e. The summed E-state index contributed by atoms with van der Waals surface area (Å²) >= 11 is 0. The number of carbonyl (C=O) groups excluding carboxylic acids is 1. The van der Waals surface area contributed by atoms with E-state index in [1.54, 1.807) is 24.3 Å². The van der Waals surface area contributed by atoms with Gasteiger partial charge in [-0.3, -0.25) is 4.79 Å². The van der Waals surface area contributed by atoms with E-state index in [2.05, 4.69) is 5.32 Å². The second-order valence-corrected chi connectivity index (χ2v) is 4.88. The van der Waals surface area contributed by atoms with Crippen molar-refractivity contribution in [1.29, 1.82) is 0 Å². The first-order chi connectivity index (χ1) is 9.95. The Kier molecular flexibility index (Phi) is 4.42. The number of nitrogens with one attached hydrogen (secondary N) is 1. The van der Waals surface area contributed by atoms with Crippen LogP contribution in [-0.4, -0.2) is 12.0 Å². The van der Waals surface area contributed by atoms with E-state index in [9.17, 15) is 9.18 Å². The number of benzene rings is 2. The van der Waals surface area contributed by atoms with Gasteiger partial charge in [-0.2, -0.15) is 0 Å². The zero-order chi connectivity index (χ0) is 15.4. The van der Waals surface area contributed by atoms with Crippen LogP contribution < -0.4 is 15.8 Å². The zero-order valence-corrected chi connectivity index (χ0v) is 11.9. The van der Waals surface area contributed by atoms with Gasteiger partial charge < -0.3 is 15.8 Å². The first-order valence-electron chi connectivity index (χ1n) is 6.59. The van der Waals surface area contributed by atoms with Crippen LogP contribution in [0.1, 0.15) is 24.2 Å². The maximum Gasteiger partial charge on any atom is 0.255 e. The van der Waals surface area contributed by atoms with Gasteiger partial charge in [0.1, 0.15) is 11.6 Å². The number of nitrogen functional groups attached to an aromatic ring is 1. The summed E-state index contributed by atoms with van der Waals surface area (Å²) in [5.74, 6) is -0.157. The van der Waals surface area contributed by atoms with Crippen LogP contribution >= 0.6 is 0 Å². The van der Waals surface area contributed by atoms with Crippen LogP contribution in [0.15, 0.2) is 42.5 Å². The van der Waals surface area contributed by atoms with Crippen molar-refractivity contribution >= 4 is 17.3 Å². The van der Waals surface area contributed by atoms with Crippen molar-refractivity contribution in [2.45, 2.75) is 20.0 Å². The molecule has 3 N–H and O–H groups in total. The summed E-state index contributed by atoms with van der Waals surface area (Å²) in [5.41, 5.74) is 6.32. The molecule has 0 aliphatic carbocycles. The van der Waals surface area contributed by atoms with E-state index in [0.29, 0.717) is 11.3 Å². The smallest absolute Gasteiger partial charge is 0.255 e. The lowest BCUT2D eigenvalue weighted by atomic mass is 10.1. The Morgan fingerprint density at radius 3 is 2.43 bits per heavy atom. The molecule has 4 nitrogen and oxygen atoms in total. The molecule has 21 heavy (non-hydrogen) atoms. The van der Waals surface area contributed by atoms with Gasteiger partial charge >= 0.3 is 0 Å². The van der Waals surface area contributed by atoms with E-state index in [1.807, 2.05) is 13.8 Å². The van der Waals surface area contributed by atoms with Crippen molar-refractivity contribution in [3.8, 4) is 5.75 Å². The summed E-state index contributed by atoms with van der Waals surface area (Å²) < 4.78 is 18.6. The molecular weight excluding hydrogens is 271 g/mol. The Balaban J connectivity index is 2.06. The van der Waals surface area contributed by atoms with E-state index < -0.39 is 5.82 Å². The third-order valence-corrected chi connectivity index (χ3v) is 2.74. The van der Waals surface area contributed by atoms with Gasteiger partial charge in [0.05, 0.1) is 11.8 Å². The number of hydrogen-bond donors (Lipinski definition) is 2. The van der Waals surface area contributed by atoms with Gasteiger partial charge in [-0.15, -0.1) is 0 Å². The lowest BCUT2D eigenvalue weighted by Gasteiger charge is -2.11. The Morgan fingerprint density at radius 2 is 1.86 bits per heavy atom. The molecule has 0 bridgehead atoms. The van der Waals surface area contributed by atoms with Gasteiger partial charge in [0.15, 0.2) is 0 Å². The average molecular weight is 288 g/mol. The number of carbonyl (C=O) groups is 1. The summed E-state index contributed by atoms with van der Waals surface area (Å²) in [6, 6.07) is 10.9. The number of halogens is 1. The summed E-state index contributed by atoms with van der Waals surface area (Å²) in [7, 11) is 0. The predicted octanol–water partition coefficient (Wildman–Crippen LogP) is 3.45. The van der Waals surface area contributed by atoms with Crippen LogP contribution in [0, 0.1) is 5.82 Å². The number of ether oxygens (including phenoxy) is 1. The topological polar surface area (TPSA) is 64.3 Å². The molecule has 0 fully saturated rings. The quantitative estimate of drug-likeness (QED) is 0.847. The van der Waals surface area contributed by atoms with Crippen LogP contribution in [0.4, 0.5) is 15.8 Å². The molecule has 0 spiro atoms. The molecule has 1 amide bonds. The second-order valence-electron chi connectivity index (χ2n) is 4.88. The zero-order valence-electron chi connectivity index (χ0n) is 11.9. The molecule has 0 aliphatic heterocycles.